The van der Waals surface area contributed by atoms with Crippen molar-refractivity contribution in [3.63, 3.8) is 0 Å². The highest BCUT2D eigenvalue weighted by atomic mass is 35.5. The van der Waals surface area contributed by atoms with Gasteiger partial charge in [0.15, 0.2) is 0 Å². The van der Waals surface area contributed by atoms with Crippen LogP contribution in [0.5, 0.6) is 5.75 Å². The summed E-state index contributed by atoms with van der Waals surface area (Å²) in [6.07, 6.45) is 0. The Morgan fingerprint density at radius 2 is 2.22 bits per heavy atom. The van der Waals surface area contributed by atoms with Gasteiger partial charge in [-0.25, -0.2) is 4.39 Å². The fourth-order valence-corrected chi connectivity index (χ4v) is 2.10. The zero-order valence-corrected chi connectivity index (χ0v) is 11.6. The van der Waals surface area contributed by atoms with Gasteiger partial charge in [0.25, 0.3) is 0 Å². The Labute approximate surface area is 114 Å². The standard InChI is InChI=1S/C12H12ClFN2OS/c1-7(2)9-4-3-8(5-10(9)14)17-6-11-12(13)18-16-15-11/h3-5,7H,6H2,1-2H3. The maximum atomic E-state index is 13.7. The molecule has 0 unspecified atom stereocenters. The minimum Gasteiger partial charge on any atom is -0.487 e. The first kappa shape index (κ1) is 13.2. The fraction of sp³-hybridized carbons (Fsp3) is 0.333. The molecule has 0 N–H and O–H groups in total. The largest absolute Gasteiger partial charge is 0.487 e. The lowest BCUT2D eigenvalue weighted by molar-refractivity contribution is 0.299. The predicted molar refractivity (Wildman–Crippen MR) is 69.7 cm³/mol. The summed E-state index contributed by atoms with van der Waals surface area (Å²) in [4.78, 5) is 0. The van der Waals surface area contributed by atoms with Crippen molar-refractivity contribution < 1.29 is 9.13 Å². The molecule has 0 aliphatic carbocycles. The zero-order valence-electron chi connectivity index (χ0n) is 9.98. The average molecular weight is 287 g/mol. The molecule has 1 heterocycles. The zero-order chi connectivity index (χ0) is 13.1. The Morgan fingerprint density at radius 3 is 2.78 bits per heavy atom. The van der Waals surface area contributed by atoms with Crippen LogP contribution in [-0.4, -0.2) is 9.59 Å². The normalized spacial score (nSPS) is 10.9. The summed E-state index contributed by atoms with van der Waals surface area (Å²) in [5, 5.41) is 3.82. The quantitative estimate of drug-likeness (QED) is 0.851. The van der Waals surface area contributed by atoms with Crippen LogP contribution in [0.3, 0.4) is 0 Å². The van der Waals surface area contributed by atoms with Gasteiger partial charge in [0.1, 0.15) is 28.2 Å². The van der Waals surface area contributed by atoms with Crippen LogP contribution in [0.1, 0.15) is 31.0 Å². The number of nitrogens with zero attached hydrogens (tertiary/aromatic N) is 2. The van der Waals surface area contributed by atoms with Crippen molar-refractivity contribution in [2.45, 2.75) is 26.4 Å². The molecule has 0 fully saturated rings. The summed E-state index contributed by atoms with van der Waals surface area (Å²) < 4.78 is 23.3. The molecule has 18 heavy (non-hydrogen) atoms. The van der Waals surface area contributed by atoms with Gasteiger partial charge in [-0.1, -0.05) is 36.0 Å². The van der Waals surface area contributed by atoms with Crippen molar-refractivity contribution in [2.24, 2.45) is 0 Å². The monoisotopic (exact) mass is 286 g/mol. The molecule has 3 nitrogen and oxygen atoms in total. The molecule has 0 aliphatic heterocycles. The van der Waals surface area contributed by atoms with Crippen molar-refractivity contribution >= 4 is 23.1 Å². The van der Waals surface area contributed by atoms with Gasteiger partial charge in [-0.15, -0.1) is 5.10 Å². The summed E-state index contributed by atoms with van der Waals surface area (Å²) in [6.45, 7) is 4.08. The molecule has 0 spiro atoms. The molecule has 1 aromatic heterocycles. The van der Waals surface area contributed by atoms with Crippen LogP contribution >= 0.6 is 23.1 Å². The Morgan fingerprint density at radius 1 is 1.44 bits per heavy atom. The molecule has 0 bridgehead atoms. The summed E-state index contributed by atoms with van der Waals surface area (Å²) in [5.74, 6) is 0.349. The van der Waals surface area contributed by atoms with E-state index in [2.05, 4.69) is 9.59 Å². The Hall–Kier alpha value is -1.20. The highest BCUT2D eigenvalue weighted by molar-refractivity contribution is 7.10. The summed E-state index contributed by atoms with van der Waals surface area (Å²) in [5.41, 5.74) is 1.24. The highest BCUT2D eigenvalue weighted by Gasteiger charge is 2.09. The second-order valence-electron chi connectivity index (χ2n) is 4.12. The first-order valence-electron chi connectivity index (χ1n) is 5.47. The van der Waals surface area contributed by atoms with Gasteiger partial charge < -0.3 is 4.74 Å². The number of benzene rings is 1. The van der Waals surface area contributed by atoms with Crippen molar-refractivity contribution in [1.29, 1.82) is 0 Å². The Bertz CT molecular complexity index is 545. The molecule has 2 aromatic rings. The molecule has 0 radical (unpaired) electrons. The fourth-order valence-electron chi connectivity index (χ4n) is 1.50. The molecular formula is C12H12ClFN2OS. The minimum atomic E-state index is -0.259. The maximum absolute atomic E-state index is 13.7. The molecule has 1 aromatic carbocycles. The smallest absolute Gasteiger partial charge is 0.141 e. The number of halogens is 2. The summed E-state index contributed by atoms with van der Waals surface area (Å²) in [6, 6.07) is 4.85. The van der Waals surface area contributed by atoms with E-state index in [1.165, 1.54) is 6.07 Å². The van der Waals surface area contributed by atoms with E-state index in [-0.39, 0.29) is 18.3 Å². The Kier molecular flexibility index (Phi) is 4.14. The lowest BCUT2D eigenvalue weighted by Crippen LogP contribution is -1.99. The van der Waals surface area contributed by atoms with E-state index in [9.17, 15) is 4.39 Å². The lowest BCUT2D eigenvalue weighted by Gasteiger charge is -2.09. The van der Waals surface area contributed by atoms with E-state index in [0.717, 1.165) is 11.5 Å². The van der Waals surface area contributed by atoms with E-state index < -0.39 is 0 Å². The van der Waals surface area contributed by atoms with Gasteiger partial charge in [-0.05, 0) is 17.5 Å². The average Bonchev–Trinajstić information content (AvgIpc) is 2.72. The third kappa shape index (κ3) is 2.97. The topological polar surface area (TPSA) is 35.0 Å². The first-order chi connectivity index (χ1) is 8.58. The van der Waals surface area contributed by atoms with Gasteiger partial charge in [-0.2, -0.15) is 0 Å². The number of aromatic nitrogens is 2. The highest BCUT2D eigenvalue weighted by Crippen LogP contribution is 2.24. The van der Waals surface area contributed by atoms with Gasteiger partial charge in [0, 0.05) is 17.6 Å². The number of ether oxygens (including phenoxy) is 1. The van der Waals surface area contributed by atoms with Gasteiger partial charge >= 0.3 is 0 Å². The van der Waals surface area contributed by atoms with Crippen LogP contribution in [0.15, 0.2) is 18.2 Å². The van der Waals surface area contributed by atoms with Crippen LogP contribution in [0, 0.1) is 5.82 Å². The maximum Gasteiger partial charge on any atom is 0.141 e. The second kappa shape index (κ2) is 5.63. The van der Waals surface area contributed by atoms with Crippen molar-refractivity contribution in [3.8, 4) is 5.75 Å². The molecule has 0 amide bonds. The molecule has 0 atom stereocenters. The Balaban J connectivity index is 2.07. The van der Waals surface area contributed by atoms with E-state index in [1.54, 1.807) is 12.1 Å². The molecule has 96 valence electrons. The van der Waals surface area contributed by atoms with Crippen molar-refractivity contribution in [3.05, 3.63) is 39.6 Å². The van der Waals surface area contributed by atoms with Crippen LogP contribution in [-0.2, 0) is 6.61 Å². The minimum absolute atomic E-state index is 0.149. The van der Waals surface area contributed by atoms with E-state index in [4.69, 9.17) is 16.3 Å². The SMILES string of the molecule is CC(C)c1ccc(OCc2nnsc2Cl)cc1F. The summed E-state index contributed by atoms with van der Waals surface area (Å²) >= 11 is 6.94. The first-order valence-corrected chi connectivity index (χ1v) is 6.62. The van der Waals surface area contributed by atoms with Crippen molar-refractivity contribution in [2.75, 3.05) is 0 Å². The van der Waals surface area contributed by atoms with E-state index in [0.29, 0.717) is 21.3 Å². The number of hydrogen-bond acceptors (Lipinski definition) is 4. The van der Waals surface area contributed by atoms with Gasteiger partial charge in [0.05, 0.1) is 0 Å². The molecule has 0 aliphatic rings. The molecular weight excluding hydrogens is 275 g/mol. The lowest BCUT2D eigenvalue weighted by atomic mass is 10.0. The number of hydrogen-bond donors (Lipinski definition) is 0. The molecule has 0 saturated carbocycles. The second-order valence-corrected chi connectivity index (χ2v) is 5.48. The molecule has 6 heteroatoms. The molecule has 0 saturated heterocycles. The summed E-state index contributed by atoms with van der Waals surface area (Å²) in [7, 11) is 0. The van der Waals surface area contributed by atoms with Crippen LogP contribution in [0.4, 0.5) is 4.39 Å². The predicted octanol–water partition coefficient (Wildman–Crippen LogP) is 4.03. The van der Waals surface area contributed by atoms with Crippen LogP contribution in [0.25, 0.3) is 0 Å². The third-order valence-electron chi connectivity index (χ3n) is 2.48. The van der Waals surface area contributed by atoms with Crippen LogP contribution in [0.2, 0.25) is 4.34 Å². The third-order valence-corrected chi connectivity index (χ3v) is 3.46. The number of rotatable bonds is 4. The van der Waals surface area contributed by atoms with Gasteiger partial charge in [-0.3, -0.25) is 0 Å². The van der Waals surface area contributed by atoms with Crippen molar-refractivity contribution in [1.82, 2.24) is 9.59 Å². The van der Waals surface area contributed by atoms with E-state index >= 15 is 0 Å². The van der Waals surface area contributed by atoms with E-state index in [1.807, 2.05) is 13.8 Å². The van der Waals surface area contributed by atoms with Gasteiger partial charge in [0.2, 0.25) is 0 Å². The molecule has 2 rings (SSSR count). The van der Waals surface area contributed by atoms with Crippen LogP contribution < -0.4 is 4.74 Å².